The molecule has 0 aliphatic heterocycles. The number of aliphatic hydroxyl groups is 1. The molecule has 0 aromatic heterocycles. The largest absolute Gasteiger partial charge is 0.505 e. The molecule has 39 heavy (non-hydrogen) atoms. The van der Waals surface area contributed by atoms with Gasteiger partial charge in [-0.15, -0.1) is 0 Å². The monoisotopic (exact) mass is 626 g/mol. The number of fused-ring (bicyclic) bond motifs is 3. The van der Waals surface area contributed by atoms with Gasteiger partial charge in [-0.25, -0.2) is 0 Å². The highest BCUT2D eigenvalue weighted by Crippen LogP contribution is 2.54. The fourth-order valence-electron chi connectivity index (χ4n) is 6.44. The molecule has 2 amide bonds. The number of phenolic OH excluding ortho intramolecular Hbond substituents is 1. The minimum Gasteiger partial charge on any atom is -0.505 e. The maximum atomic E-state index is 13.9. The average molecular weight is 628 g/mol. The summed E-state index contributed by atoms with van der Waals surface area (Å²) in [4.78, 5) is 81.6. The van der Waals surface area contributed by atoms with E-state index in [1.165, 1.54) is 19.0 Å². The number of Topliss-reactive ketones (excluding diaryl/α,β-unsaturated/α-hetero) is 4. The summed E-state index contributed by atoms with van der Waals surface area (Å²) in [6.07, 6.45) is -0.0451. The molecule has 3 aliphatic carbocycles. The molecule has 0 saturated heterocycles. The number of amides is 2. The van der Waals surface area contributed by atoms with Gasteiger partial charge in [-0.05, 0) is 38.4 Å². The molecule has 4 unspecified atom stereocenters. The lowest BCUT2D eigenvalue weighted by molar-refractivity contribution is -0.181. The summed E-state index contributed by atoms with van der Waals surface area (Å²) < 4.78 is 0. The summed E-state index contributed by atoms with van der Waals surface area (Å²) >= 11 is 9.60. The minimum atomic E-state index is -2.82. The standard InChI is InChI=1S/C25H28BrClN4O8/c1-30(2)17-9-5-8-6-10-18(31(3)4)21(35)14(24(28)38)23(37)25(10,39)22(36)12(8)19(33)13(9)20(34)16(15(17)27)29-11(32)7-26/h8,10,12,14,18,34,39H,5-7H2,1-4H3,(H2,28,38)(H,29,32)/t8?,10?,12?,14?,18-,25-/m0/s1. The van der Waals surface area contributed by atoms with Gasteiger partial charge in [0.1, 0.15) is 5.69 Å². The van der Waals surface area contributed by atoms with E-state index in [1.807, 2.05) is 0 Å². The Morgan fingerprint density at radius 3 is 2.28 bits per heavy atom. The van der Waals surface area contributed by atoms with Gasteiger partial charge in [0.2, 0.25) is 11.8 Å². The van der Waals surface area contributed by atoms with Crippen LogP contribution in [0.4, 0.5) is 11.4 Å². The molecule has 210 valence electrons. The molecule has 5 N–H and O–H groups in total. The van der Waals surface area contributed by atoms with Crippen molar-refractivity contribution in [1.82, 2.24) is 4.90 Å². The van der Waals surface area contributed by atoms with Crippen LogP contribution in [0.25, 0.3) is 0 Å². The Bertz CT molecular complexity index is 1350. The summed E-state index contributed by atoms with van der Waals surface area (Å²) in [6, 6.07) is -1.20. The van der Waals surface area contributed by atoms with Crippen molar-refractivity contribution in [3.05, 3.63) is 16.1 Å². The van der Waals surface area contributed by atoms with Gasteiger partial charge in [0.05, 0.1) is 33.6 Å². The lowest BCUT2D eigenvalue weighted by Crippen LogP contribution is -2.74. The number of hydrogen-bond donors (Lipinski definition) is 4. The van der Waals surface area contributed by atoms with Crippen molar-refractivity contribution in [3.63, 3.8) is 0 Å². The molecule has 4 rings (SSSR count). The maximum Gasteiger partial charge on any atom is 0.235 e. The number of benzene rings is 1. The molecule has 12 nitrogen and oxygen atoms in total. The van der Waals surface area contributed by atoms with Crippen LogP contribution in [0.3, 0.4) is 0 Å². The van der Waals surface area contributed by atoms with E-state index in [4.69, 9.17) is 17.3 Å². The average Bonchev–Trinajstić information content (AvgIpc) is 2.83. The number of nitrogens with one attached hydrogen (secondary N) is 1. The van der Waals surface area contributed by atoms with Crippen LogP contribution in [-0.2, 0) is 30.4 Å². The van der Waals surface area contributed by atoms with E-state index in [-0.39, 0.29) is 34.4 Å². The predicted molar refractivity (Wildman–Crippen MR) is 143 cm³/mol. The fourth-order valence-corrected chi connectivity index (χ4v) is 7.00. The number of aromatic hydroxyl groups is 1. The Morgan fingerprint density at radius 1 is 1.15 bits per heavy atom. The van der Waals surface area contributed by atoms with Crippen molar-refractivity contribution < 1.29 is 39.0 Å². The second-order valence-electron chi connectivity index (χ2n) is 10.6. The van der Waals surface area contributed by atoms with E-state index in [1.54, 1.807) is 19.0 Å². The summed E-state index contributed by atoms with van der Waals surface area (Å²) in [5, 5.41) is 25.1. The molecule has 1 aromatic rings. The van der Waals surface area contributed by atoms with Gasteiger partial charge in [0, 0.05) is 20.0 Å². The fraction of sp³-hybridized carbons (Fsp3) is 0.520. The molecule has 3 aliphatic rings. The molecule has 14 heteroatoms. The van der Waals surface area contributed by atoms with Crippen LogP contribution >= 0.6 is 27.5 Å². The smallest absolute Gasteiger partial charge is 0.235 e. The summed E-state index contributed by atoms with van der Waals surface area (Å²) in [7, 11) is 6.33. The van der Waals surface area contributed by atoms with Crippen molar-refractivity contribution in [2.24, 2.45) is 29.4 Å². The highest BCUT2D eigenvalue weighted by molar-refractivity contribution is 9.09. The lowest BCUT2D eigenvalue weighted by atomic mass is 9.52. The number of primary amides is 1. The van der Waals surface area contributed by atoms with Gasteiger partial charge in [0.15, 0.2) is 40.4 Å². The number of halogens is 2. The SMILES string of the molecule is CN(C)c1c(Cl)c(NC(=O)CBr)c(O)c2c1CC1CC3[C@H](N(C)C)C(=O)C(C(N)=O)C(=O)[C@@]3(O)C(=O)C1C2=O. The molecular weight excluding hydrogens is 600 g/mol. The van der Waals surface area contributed by atoms with E-state index in [9.17, 15) is 39.0 Å². The topological polar surface area (TPSA) is 187 Å². The molecule has 0 bridgehead atoms. The molecule has 1 aromatic carbocycles. The number of nitrogens with zero attached hydrogens (tertiary/aromatic N) is 2. The van der Waals surface area contributed by atoms with Crippen LogP contribution in [0, 0.1) is 23.7 Å². The molecule has 0 radical (unpaired) electrons. The van der Waals surface area contributed by atoms with Gasteiger partial charge >= 0.3 is 0 Å². The first-order valence-corrected chi connectivity index (χ1v) is 13.6. The van der Waals surface area contributed by atoms with Crippen molar-refractivity contribution in [2.45, 2.75) is 24.5 Å². The summed E-state index contributed by atoms with van der Waals surface area (Å²) in [6.45, 7) is 0. The first-order valence-electron chi connectivity index (χ1n) is 12.1. The van der Waals surface area contributed by atoms with E-state index in [0.29, 0.717) is 11.3 Å². The van der Waals surface area contributed by atoms with Gasteiger partial charge in [-0.2, -0.15) is 0 Å². The Hall–Kier alpha value is -2.87. The number of nitrogens with two attached hydrogens (primary N) is 1. The van der Waals surface area contributed by atoms with Crippen LogP contribution in [0.1, 0.15) is 22.3 Å². The van der Waals surface area contributed by atoms with Crippen molar-refractivity contribution in [2.75, 3.05) is 43.7 Å². The van der Waals surface area contributed by atoms with Crippen molar-refractivity contribution in [3.8, 4) is 5.75 Å². The van der Waals surface area contributed by atoms with E-state index >= 15 is 0 Å². The van der Waals surface area contributed by atoms with Gasteiger partial charge in [-0.1, -0.05) is 27.5 Å². The maximum absolute atomic E-state index is 13.9. The molecule has 0 spiro atoms. The van der Waals surface area contributed by atoms with Gasteiger partial charge in [0.25, 0.3) is 0 Å². The van der Waals surface area contributed by atoms with Crippen molar-refractivity contribution in [1.29, 1.82) is 0 Å². The minimum absolute atomic E-state index is 0.0195. The highest BCUT2D eigenvalue weighted by atomic mass is 79.9. The zero-order valence-electron chi connectivity index (χ0n) is 21.6. The van der Waals surface area contributed by atoms with Crippen LogP contribution in [0.2, 0.25) is 5.02 Å². The van der Waals surface area contributed by atoms with E-state index < -0.39 is 76.0 Å². The quantitative estimate of drug-likeness (QED) is 0.195. The Balaban J connectivity index is 1.93. The van der Waals surface area contributed by atoms with Crippen LogP contribution in [0.15, 0.2) is 0 Å². The van der Waals surface area contributed by atoms with Crippen LogP contribution < -0.4 is 16.0 Å². The summed E-state index contributed by atoms with van der Waals surface area (Å²) in [5.41, 5.74) is 2.68. The van der Waals surface area contributed by atoms with Crippen LogP contribution in [0.5, 0.6) is 5.75 Å². The third-order valence-corrected chi connectivity index (χ3v) is 8.85. The zero-order chi connectivity index (χ0) is 29.3. The van der Waals surface area contributed by atoms with E-state index in [0.717, 1.165) is 0 Å². The van der Waals surface area contributed by atoms with Crippen molar-refractivity contribution >= 4 is 73.9 Å². The number of hydrogen-bond acceptors (Lipinski definition) is 10. The number of carbonyl (C=O) groups excluding carboxylic acids is 6. The first kappa shape index (κ1) is 29.1. The number of phenols is 1. The first-order chi connectivity index (χ1) is 18.1. The lowest BCUT2D eigenvalue weighted by Gasteiger charge is -2.52. The Labute approximate surface area is 236 Å². The number of rotatable bonds is 5. The summed E-state index contributed by atoms with van der Waals surface area (Å²) in [5.74, 6) is -12.3. The normalized spacial score (nSPS) is 30.0. The number of likely N-dealkylation sites (N-methyl/N-ethyl adjacent to an activating group) is 1. The third-order valence-electron chi connectivity index (χ3n) is 7.98. The molecular formula is C25H28BrClN4O8. The third kappa shape index (κ3) is 4.09. The Kier molecular flexibility index (Phi) is 7.43. The number of carbonyl (C=O) groups is 6. The number of ketones is 4. The van der Waals surface area contributed by atoms with Gasteiger partial charge < -0.3 is 26.2 Å². The number of alkyl halides is 1. The highest BCUT2D eigenvalue weighted by Gasteiger charge is 2.69. The molecule has 2 saturated carbocycles. The number of anilines is 2. The Morgan fingerprint density at radius 2 is 1.77 bits per heavy atom. The second-order valence-corrected chi connectivity index (χ2v) is 11.5. The predicted octanol–water partition coefficient (Wildman–Crippen LogP) is -0.0802. The molecule has 2 fully saturated rings. The molecule has 6 atom stereocenters. The van der Waals surface area contributed by atoms with Crippen LogP contribution in [-0.4, -0.2) is 95.2 Å². The van der Waals surface area contributed by atoms with E-state index in [2.05, 4.69) is 21.2 Å². The zero-order valence-corrected chi connectivity index (χ0v) is 23.9. The molecule has 0 heterocycles. The van der Waals surface area contributed by atoms with Gasteiger partial charge in [-0.3, -0.25) is 33.7 Å². The second kappa shape index (κ2) is 9.95.